The van der Waals surface area contributed by atoms with Crippen molar-refractivity contribution >= 4 is 0 Å². The van der Waals surface area contributed by atoms with Gasteiger partial charge in [0.15, 0.2) is 0 Å². The number of aliphatic hydroxyl groups is 1. The summed E-state index contributed by atoms with van der Waals surface area (Å²) >= 11 is 0. The van der Waals surface area contributed by atoms with Gasteiger partial charge in [-0.1, -0.05) is 24.0 Å². The number of allylic oxidation sites excluding steroid dienone is 1. The molecule has 0 aliphatic heterocycles. The first-order chi connectivity index (χ1) is 4.81. The van der Waals surface area contributed by atoms with Gasteiger partial charge in [0.1, 0.15) is 6.10 Å². The highest BCUT2D eigenvalue weighted by molar-refractivity contribution is 5.08. The van der Waals surface area contributed by atoms with E-state index in [0.717, 1.165) is 0 Å². The van der Waals surface area contributed by atoms with Crippen molar-refractivity contribution in [1.29, 1.82) is 0 Å². The van der Waals surface area contributed by atoms with Crippen molar-refractivity contribution in [2.75, 3.05) is 0 Å². The second kappa shape index (κ2) is 6.12. The van der Waals surface area contributed by atoms with Crippen molar-refractivity contribution in [3.63, 3.8) is 0 Å². The molecular formula is C9H12O. The van der Waals surface area contributed by atoms with Crippen LogP contribution in [0.5, 0.6) is 0 Å². The zero-order valence-corrected chi connectivity index (χ0v) is 6.01. The zero-order valence-electron chi connectivity index (χ0n) is 6.01. The molecule has 1 N–H and O–H groups in total. The quantitative estimate of drug-likeness (QED) is 0.460. The first-order valence-electron chi connectivity index (χ1n) is 3.19. The van der Waals surface area contributed by atoms with Crippen LogP contribution < -0.4 is 0 Å². The highest BCUT2D eigenvalue weighted by atomic mass is 16.3. The van der Waals surface area contributed by atoms with Crippen molar-refractivity contribution in [2.24, 2.45) is 0 Å². The molecule has 1 nitrogen and oxygen atoms in total. The molecule has 0 radical (unpaired) electrons. The van der Waals surface area contributed by atoms with Crippen LogP contribution in [0.25, 0.3) is 0 Å². The lowest BCUT2D eigenvalue weighted by Crippen LogP contribution is -1.99. The van der Waals surface area contributed by atoms with E-state index < -0.39 is 6.10 Å². The molecule has 0 aliphatic rings. The minimum atomic E-state index is -0.558. The molecule has 0 spiro atoms. The maximum absolute atomic E-state index is 9.00. The van der Waals surface area contributed by atoms with Gasteiger partial charge in [-0.3, -0.25) is 0 Å². The number of rotatable bonds is 3. The lowest BCUT2D eigenvalue weighted by molar-refractivity contribution is 0.236. The summed E-state index contributed by atoms with van der Waals surface area (Å²) in [4.78, 5) is 0. The Bertz CT molecular complexity index is 159. The molecule has 0 aromatic carbocycles. The standard InChI is InChI=1S/C9H12O/c1-3-5-6-8-9(10)7-4-2/h3-4,9-10H,1-2,5,7H2. The molecule has 0 saturated heterocycles. The Morgan fingerprint density at radius 2 is 2.10 bits per heavy atom. The Morgan fingerprint density at radius 3 is 2.60 bits per heavy atom. The predicted molar refractivity (Wildman–Crippen MR) is 43.4 cm³/mol. The van der Waals surface area contributed by atoms with Gasteiger partial charge in [-0.25, -0.2) is 0 Å². The summed E-state index contributed by atoms with van der Waals surface area (Å²) in [6.45, 7) is 6.98. The molecule has 0 fully saturated rings. The zero-order chi connectivity index (χ0) is 7.82. The Kier molecular flexibility index (Phi) is 5.51. The molecule has 0 aromatic rings. The van der Waals surface area contributed by atoms with Crippen LogP contribution in [0.4, 0.5) is 0 Å². The molecule has 0 bridgehead atoms. The van der Waals surface area contributed by atoms with E-state index in [2.05, 4.69) is 25.0 Å². The number of hydrogen-bond acceptors (Lipinski definition) is 1. The van der Waals surface area contributed by atoms with Gasteiger partial charge in [-0.05, 0) is 0 Å². The second-order valence-corrected chi connectivity index (χ2v) is 1.85. The van der Waals surface area contributed by atoms with Gasteiger partial charge in [0.2, 0.25) is 0 Å². The number of aliphatic hydroxyl groups excluding tert-OH is 1. The van der Waals surface area contributed by atoms with Gasteiger partial charge in [0.25, 0.3) is 0 Å². The summed E-state index contributed by atoms with van der Waals surface area (Å²) in [6, 6.07) is 0. The fraction of sp³-hybridized carbons (Fsp3) is 0.333. The molecule has 1 unspecified atom stereocenters. The van der Waals surface area contributed by atoms with E-state index in [1.54, 1.807) is 12.2 Å². The molecule has 0 amide bonds. The largest absolute Gasteiger partial charge is 0.380 e. The molecule has 0 saturated carbocycles. The monoisotopic (exact) mass is 136 g/mol. The first kappa shape index (κ1) is 9.00. The summed E-state index contributed by atoms with van der Waals surface area (Å²) in [6.07, 6.45) is 3.96. The minimum Gasteiger partial charge on any atom is -0.380 e. The van der Waals surface area contributed by atoms with E-state index in [0.29, 0.717) is 12.8 Å². The third-order valence-corrected chi connectivity index (χ3v) is 0.905. The average molecular weight is 136 g/mol. The van der Waals surface area contributed by atoms with E-state index in [1.165, 1.54) is 0 Å². The second-order valence-electron chi connectivity index (χ2n) is 1.85. The van der Waals surface area contributed by atoms with Gasteiger partial charge in [0.05, 0.1) is 0 Å². The van der Waals surface area contributed by atoms with Crippen molar-refractivity contribution in [3.8, 4) is 11.8 Å². The topological polar surface area (TPSA) is 20.2 Å². The Morgan fingerprint density at radius 1 is 1.40 bits per heavy atom. The molecule has 0 aromatic heterocycles. The molecule has 0 rings (SSSR count). The fourth-order valence-electron chi connectivity index (χ4n) is 0.466. The van der Waals surface area contributed by atoms with Gasteiger partial charge in [-0.2, -0.15) is 0 Å². The van der Waals surface area contributed by atoms with E-state index >= 15 is 0 Å². The first-order valence-corrected chi connectivity index (χ1v) is 3.19. The van der Waals surface area contributed by atoms with Crippen LogP contribution in [0.15, 0.2) is 25.3 Å². The van der Waals surface area contributed by atoms with Crippen molar-refractivity contribution in [1.82, 2.24) is 0 Å². The molecular weight excluding hydrogens is 124 g/mol. The van der Waals surface area contributed by atoms with E-state index in [9.17, 15) is 0 Å². The predicted octanol–water partition coefficient (Wildman–Crippen LogP) is 1.50. The van der Waals surface area contributed by atoms with E-state index in [-0.39, 0.29) is 0 Å². The highest BCUT2D eigenvalue weighted by Crippen LogP contribution is 1.88. The Balaban J connectivity index is 3.55. The lowest BCUT2D eigenvalue weighted by atomic mass is 10.2. The lowest BCUT2D eigenvalue weighted by Gasteiger charge is -1.93. The molecule has 1 atom stereocenters. The summed E-state index contributed by atoms with van der Waals surface area (Å²) in [7, 11) is 0. The minimum absolute atomic E-state index is 0.532. The third kappa shape index (κ3) is 5.14. The molecule has 54 valence electrons. The van der Waals surface area contributed by atoms with Gasteiger partial charge in [0, 0.05) is 12.8 Å². The maximum Gasteiger partial charge on any atom is 0.118 e. The summed E-state index contributed by atoms with van der Waals surface area (Å²) in [5.41, 5.74) is 0. The maximum atomic E-state index is 9.00. The molecule has 10 heavy (non-hydrogen) atoms. The molecule has 1 heteroatoms. The Hall–Kier alpha value is -1.00. The van der Waals surface area contributed by atoms with E-state index in [1.807, 2.05) is 0 Å². The summed E-state index contributed by atoms with van der Waals surface area (Å²) in [5, 5.41) is 9.00. The summed E-state index contributed by atoms with van der Waals surface area (Å²) < 4.78 is 0. The molecule has 0 heterocycles. The van der Waals surface area contributed by atoms with Gasteiger partial charge < -0.3 is 5.11 Å². The van der Waals surface area contributed by atoms with Crippen LogP contribution in [0.3, 0.4) is 0 Å². The van der Waals surface area contributed by atoms with Crippen LogP contribution in [0.1, 0.15) is 12.8 Å². The summed E-state index contributed by atoms with van der Waals surface area (Å²) in [5.74, 6) is 5.40. The van der Waals surface area contributed by atoms with Crippen LogP contribution in [-0.2, 0) is 0 Å². The normalized spacial score (nSPS) is 10.9. The van der Waals surface area contributed by atoms with Crippen LogP contribution in [-0.4, -0.2) is 11.2 Å². The van der Waals surface area contributed by atoms with Crippen molar-refractivity contribution in [2.45, 2.75) is 18.9 Å². The third-order valence-electron chi connectivity index (χ3n) is 0.905. The fourth-order valence-corrected chi connectivity index (χ4v) is 0.466. The molecule has 0 aliphatic carbocycles. The van der Waals surface area contributed by atoms with Gasteiger partial charge in [-0.15, -0.1) is 13.2 Å². The smallest absolute Gasteiger partial charge is 0.118 e. The van der Waals surface area contributed by atoms with Crippen LogP contribution in [0.2, 0.25) is 0 Å². The van der Waals surface area contributed by atoms with Gasteiger partial charge >= 0.3 is 0 Å². The van der Waals surface area contributed by atoms with Crippen LogP contribution in [0, 0.1) is 11.8 Å². The SMILES string of the molecule is C=CCC#CC(O)CC=C. The average Bonchev–Trinajstić information content (AvgIpc) is 1.89. The van der Waals surface area contributed by atoms with Crippen molar-refractivity contribution < 1.29 is 5.11 Å². The Labute approximate surface area is 62.1 Å². The highest BCUT2D eigenvalue weighted by Gasteiger charge is 1.90. The van der Waals surface area contributed by atoms with E-state index in [4.69, 9.17) is 5.11 Å². The number of hydrogen-bond donors (Lipinski definition) is 1. The van der Waals surface area contributed by atoms with Crippen LogP contribution >= 0.6 is 0 Å². The van der Waals surface area contributed by atoms with Crippen molar-refractivity contribution in [3.05, 3.63) is 25.3 Å².